The summed E-state index contributed by atoms with van der Waals surface area (Å²) in [5, 5.41) is 5.73. The van der Waals surface area contributed by atoms with Crippen molar-refractivity contribution >= 4 is 23.2 Å². The molecule has 0 bridgehead atoms. The molecule has 29 heavy (non-hydrogen) atoms. The topological polar surface area (TPSA) is 70.7 Å². The van der Waals surface area contributed by atoms with Crippen LogP contribution < -0.4 is 15.4 Å². The fraction of sp³-hybridized carbons (Fsp3) is 0.391. The van der Waals surface area contributed by atoms with Gasteiger partial charge >= 0.3 is 0 Å². The van der Waals surface area contributed by atoms with E-state index in [0.717, 1.165) is 11.4 Å². The Labute approximate surface area is 173 Å². The molecular weight excluding hydrogens is 366 g/mol. The highest BCUT2D eigenvalue weighted by atomic mass is 16.5. The molecule has 0 saturated carbocycles. The molecule has 0 aliphatic heterocycles. The van der Waals surface area contributed by atoms with Crippen LogP contribution >= 0.6 is 0 Å². The number of methoxy groups -OCH3 is 1. The van der Waals surface area contributed by atoms with Crippen LogP contribution in [0.25, 0.3) is 0 Å². The fourth-order valence-electron chi connectivity index (χ4n) is 2.81. The van der Waals surface area contributed by atoms with Gasteiger partial charge in [0.1, 0.15) is 5.75 Å². The third-order valence-corrected chi connectivity index (χ3v) is 4.59. The summed E-state index contributed by atoms with van der Waals surface area (Å²) in [6.07, 6.45) is 0. The maximum Gasteiger partial charge on any atom is 0.238 e. The van der Waals surface area contributed by atoms with Crippen molar-refractivity contribution in [2.75, 3.05) is 37.4 Å². The summed E-state index contributed by atoms with van der Waals surface area (Å²) in [7, 11) is 1.59. The first kappa shape index (κ1) is 22.4. The Morgan fingerprint density at radius 1 is 0.862 bits per heavy atom. The van der Waals surface area contributed by atoms with Gasteiger partial charge in [-0.15, -0.1) is 0 Å². The molecule has 0 aliphatic rings. The van der Waals surface area contributed by atoms with Crippen molar-refractivity contribution in [2.45, 2.75) is 33.1 Å². The number of hydrogen-bond acceptors (Lipinski definition) is 4. The van der Waals surface area contributed by atoms with Gasteiger partial charge in [0.25, 0.3) is 0 Å². The minimum Gasteiger partial charge on any atom is -0.497 e. The Bertz CT molecular complexity index is 809. The molecule has 6 nitrogen and oxygen atoms in total. The standard InChI is InChI=1S/C23H31N3O3/c1-6-26(16-22(28)25-19-11-13-20(29-5)14-12-19)15-21(27)24-18-9-7-17(8-10-18)23(2,3)4/h7-14H,6,15-16H2,1-5H3,(H,24,27)(H,25,28). The summed E-state index contributed by atoms with van der Waals surface area (Å²) in [5.41, 5.74) is 2.72. The molecular formula is C23H31N3O3. The molecule has 0 fully saturated rings. The number of likely N-dealkylation sites (N-methyl/N-ethyl adjacent to an activating group) is 1. The number of nitrogens with zero attached hydrogens (tertiary/aromatic N) is 1. The Balaban J connectivity index is 1.86. The van der Waals surface area contributed by atoms with Gasteiger partial charge in [-0.2, -0.15) is 0 Å². The van der Waals surface area contributed by atoms with Crippen LogP contribution in [0.1, 0.15) is 33.3 Å². The van der Waals surface area contributed by atoms with E-state index >= 15 is 0 Å². The Kier molecular flexibility index (Phi) is 7.79. The van der Waals surface area contributed by atoms with Gasteiger partial charge in [0, 0.05) is 11.4 Å². The van der Waals surface area contributed by atoms with Gasteiger partial charge in [0.15, 0.2) is 0 Å². The smallest absolute Gasteiger partial charge is 0.238 e. The molecule has 2 aromatic carbocycles. The number of carbonyl (C=O) groups is 2. The maximum atomic E-state index is 12.4. The number of nitrogens with one attached hydrogen (secondary N) is 2. The van der Waals surface area contributed by atoms with Crippen molar-refractivity contribution in [3.05, 3.63) is 54.1 Å². The van der Waals surface area contributed by atoms with Gasteiger partial charge in [-0.05, 0) is 53.9 Å². The lowest BCUT2D eigenvalue weighted by molar-refractivity contribution is -0.119. The number of benzene rings is 2. The van der Waals surface area contributed by atoms with Crippen LogP contribution in [0, 0.1) is 0 Å². The zero-order chi connectivity index (χ0) is 21.4. The number of rotatable bonds is 8. The van der Waals surface area contributed by atoms with E-state index in [4.69, 9.17) is 4.74 Å². The molecule has 0 aliphatic carbocycles. The number of ether oxygens (including phenoxy) is 1. The first-order valence-corrected chi connectivity index (χ1v) is 9.78. The number of carbonyl (C=O) groups excluding carboxylic acids is 2. The average molecular weight is 398 g/mol. The highest BCUT2D eigenvalue weighted by Crippen LogP contribution is 2.23. The lowest BCUT2D eigenvalue weighted by Crippen LogP contribution is -2.38. The molecule has 156 valence electrons. The van der Waals surface area contributed by atoms with Gasteiger partial charge in [-0.3, -0.25) is 14.5 Å². The maximum absolute atomic E-state index is 12.4. The van der Waals surface area contributed by atoms with Gasteiger partial charge < -0.3 is 15.4 Å². The van der Waals surface area contributed by atoms with Crippen molar-refractivity contribution in [3.8, 4) is 5.75 Å². The normalized spacial score (nSPS) is 11.2. The van der Waals surface area contributed by atoms with Crippen LogP contribution in [0.5, 0.6) is 5.75 Å². The minimum atomic E-state index is -0.167. The lowest BCUT2D eigenvalue weighted by atomic mass is 9.87. The second-order valence-electron chi connectivity index (χ2n) is 7.96. The minimum absolute atomic E-state index is 0.0682. The van der Waals surface area contributed by atoms with E-state index in [1.807, 2.05) is 31.2 Å². The highest BCUT2D eigenvalue weighted by Gasteiger charge is 2.15. The van der Waals surface area contributed by atoms with Crippen LogP contribution in [0.15, 0.2) is 48.5 Å². The molecule has 0 radical (unpaired) electrons. The predicted molar refractivity (Wildman–Crippen MR) is 118 cm³/mol. The Hall–Kier alpha value is -2.86. The van der Waals surface area contributed by atoms with Gasteiger partial charge in [-0.1, -0.05) is 39.8 Å². The van der Waals surface area contributed by atoms with E-state index in [1.165, 1.54) is 5.56 Å². The number of hydrogen-bond donors (Lipinski definition) is 2. The van der Waals surface area contributed by atoms with E-state index in [-0.39, 0.29) is 30.3 Å². The van der Waals surface area contributed by atoms with Crippen molar-refractivity contribution in [3.63, 3.8) is 0 Å². The van der Waals surface area contributed by atoms with Gasteiger partial charge in [0.2, 0.25) is 11.8 Å². The van der Waals surface area contributed by atoms with Crippen LogP contribution in [0.2, 0.25) is 0 Å². The Morgan fingerprint density at radius 2 is 1.31 bits per heavy atom. The highest BCUT2D eigenvalue weighted by molar-refractivity contribution is 5.94. The zero-order valence-electron chi connectivity index (χ0n) is 17.9. The molecule has 0 atom stereocenters. The van der Waals surface area contributed by atoms with E-state index in [2.05, 4.69) is 31.4 Å². The Morgan fingerprint density at radius 3 is 1.69 bits per heavy atom. The van der Waals surface area contributed by atoms with Crippen LogP contribution in [0.4, 0.5) is 11.4 Å². The molecule has 0 aromatic heterocycles. The van der Waals surface area contributed by atoms with Crippen molar-refractivity contribution < 1.29 is 14.3 Å². The van der Waals surface area contributed by atoms with Crippen LogP contribution in [-0.4, -0.2) is 43.5 Å². The molecule has 0 saturated heterocycles. The molecule has 6 heteroatoms. The van der Waals surface area contributed by atoms with Crippen molar-refractivity contribution in [1.82, 2.24) is 4.90 Å². The SMILES string of the molecule is CCN(CC(=O)Nc1ccc(OC)cc1)CC(=O)Nc1ccc(C(C)(C)C)cc1. The van der Waals surface area contributed by atoms with E-state index in [0.29, 0.717) is 12.2 Å². The first-order chi connectivity index (χ1) is 13.7. The van der Waals surface area contributed by atoms with E-state index in [1.54, 1.807) is 36.3 Å². The van der Waals surface area contributed by atoms with E-state index in [9.17, 15) is 9.59 Å². The van der Waals surface area contributed by atoms with Crippen LogP contribution in [-0.2, 0) is 15.0 Å². The average Bonchev–Trinajstić information content (AvgIpc) is 2.67. The summed E-state index contributed by atoms with van der Waals surface area (Å²) in [4.78, 5) is 26.5. The first-order valence-electron chi connectivity index (χ1n) is 9.78. The molecule has 2 N–H and O–H groups in total. The lowest BCUT2D eigenvalue weighted by Gasteiger charge is -2.20. The summed E-state index contributed by atoms with van der Waals surface area (Å²) in [6.45, 7) is 9.25. The monoisotopic (exact) mass is 397 g/mol. The van der Waals surface area contributed by atoms with Crippen LogP contribution in [0.3, 0.4) is 0 Å². The third kappa shape index (κ3) is 7.23. The summed E-state index contributed by atoms with van der Waals surface area (Å²) in [5.74, 6) is 0.414. The molecule has 0 unspecified atom stereocenters. The largest absolute Gasteiger partial charge is 0.497 e. The number of amides is 2. The molecule has 2 amide bonds. The van der Waals surface area contributed by atoms with E-state index < -0.39 is 0 Å². The fourth-order valence-corrected chi connectivity index (χ4v) is 2.81. The zero-order valence-corrected chi connectivity index (χ0v) is 17.9. The van der Waals surface area contributed by atoms with Crippen molar-refractivity contribution in [1.29, 1.82) is 0 Å². The summed E-state index contributed by atoms with van der Waals surface area (Å²) in [6, 6.07) is 15.0. The number of anilines is 2. The second kappa shape index (κ2) is 10.1. The summed E-state index contributed by atoms with van der Waals surface area (Å²) >= 11 is 0. The molecule has 0 heterocycles. The molecule has 0 spiro atoms. The second-order valence-corrected chi connectivity index (χ2v) is 7.96. The third-order valence-electron chi connectivity index (χ3n) is 4.59. The van der Waals surface area contributed by atoms with Crippen molar-refractivity contribution in [2.24, 2.45) is 0 Å². The molecule has 2 rings (SSSR count). The van der Waals surface area contributed by atoms with Gasteiger partial charge in [-0.25, -0.2) is 0 Å². The predicted octanol–water partition coefficient (Wildman–Crippen LogP) is 3.89. The van der Waals surface area contributed by atoms with Gasteiger partial charge in [0.05, 0.1) is 20.2 Å². The molecule has 2 aromatic rings. The summed E-state index contributed by atoms with van der Waals surface area (Å²) < 4.78 is 5.11. The quantitative estimate of drug-likeness (QED) is 0.709.